The van der Waals surface area contributed by atoms with Gasteiger partial charge in [0.05, 0.1) is 19.8 Å². The molecule has 29 heavy (non-hydrogen) atoms. The van der Waals surface area contributed by atoms with Crippen LogP contribution in [-0.2, 0) is 4.74 Å². The molecule has 2 fully saturated rings. The Morgan fingerprint density at radius 3 is 2.45 bits per heavy atom. The van der Waals surface area contributed by atoms with Crippen molar-refractivity contribution in [3.63, 3.8) is 0 Å². The lowest BCUT2D eigenvalue weighted by Gasteiger charge is -2.38. The summed E-state index contributed by atoms with van der Waals surface area (Å²) < 4.78 is 5.53. The molecule has 2 saturated heterocycles. The van der Waals surface area contributed by atoms with Gasteiger partial charge in [0.15, 0.2) is 5.96 Å². The van der Waals surface area contributed by atoms with E-state index in [0.717, 1.165) is 77.3 Å². The number of guanidine groups is 1. The predicted molar refractivity (Wildman–Crippen MR) is 130 cm³/mol. The fourth-order valence-electron chi connectivity index (χ4n) is 3.95. The Balaban J connectivity index is 0.00000300. The van der Waals surface area contributed by atoms with Crippen LogP contribution in [0.25, 0.3) is 0 Å². The third-order valence-electron chi connectivity index (χ3n) is 5.60. The van der Waals surface area contributed by atoms with Gasteiger partial charge in [-0.1, -0.05) is 19.9 Å². The number of rotatable bonds is 6. The number of anilines is 1. The van der Waals surface area contributed by atoms with Crippen LogP contribution in [0.2, 0.25) is 0 Å². The minimum absolute atomic E-state index is 0. The molecule has 3 heterocycles. The maximum absolute atomic E-state index is 5.53. The smallest absolute Gasteiger partial charge is 0.194 e. The van der Waals surface area contributed by atoms with Crippen molar-refractivity contribution < 1.29 is 4.74 Å². The first-order valence-electron chi connectivity index (χ1n) is 10.7. The summed E-state index contributed by atoms with van der Waals surface area (Å²) in [4.78, 5) is 16.8. The minimum Gasteiger partial charge on any atom is -0.379 e. The fourth-order valence-corrected chi connectivity index (χ4v) is 3.95. The second kappa shape index (κ2) is 12.5. The number of hydrogen-bond acceptors (Lipinski definition) is 5. The van der Waals surface area contributed by atoms with Gasteiger partial charge >= 0.3 is 0 Å². The van der Waals surface area contributed by atoms with E-state index in [1.54, 1.807) is 0 Å². The Bertz CT molecular complexity index is 600. The second-order valence-electron chi connectivity index (χ2n) is 7.82. The van der Waals surface area contributed by atoms with Crippen LogP contribution < -0.4 is 10.2 Å². The van der Waals surface area contributed by atoms with Crippen molar-refractivity contribution in [1.29, 1.82) is 0 Å². The van der Waals surface area contributed by atoms with Gasteiger partial charge in [-0.2, -0.15) is 0 Å². The van der Waals surface area contributed by atoms with Gasteiger partial charge in [0.2, 0.25) is 0 Å². The van der Waals surface area contributed by atoms with Crippen LogP contribution in [0.3, 0.4) is 0 Å². The van der Waals surface area contributed by atoms with Gasteiger partial charge in [-0.25, -0.2) is 4.98 Å². The zero-order valence-corrected chi connectivity index (χ0v) is 20.4. The van der Waals surface area contributed by atoms with Gasteiger partial charge in [0.25, 0.3) is 0 Å². The molecular formula is C21H37IN6O. The molecular weight excluding hydrogens is 479 g/mol. The predicted octanol–water partition coefficient (Wildman–Crippen LogP) is 2.14. The molecule has 0 spiro atoms. The van der Waals surface area contributed by atoms with Crippen molar-refractivity contribution in [2.24, 2.45) is 10.9 Å². The number of piperazine rings is 1. The molecule has 0 radical (unpaired) electrons. The van der Waals surface area contributed by atoms with Gasteiger partial charge in [0.1, 0.15) is 5.82 Å². The zero-order chi connectivity index (χ0) is 19.8. The highest BCUT2D eigenvalue weighted by Crippen LogP contribution is 2.15. The summed E-state index contributed by atoms with van der Waals surface area (Å²) in [5.41, 5.74) is 0. The van der Waals surface area contributed by atoms with E-state index in [1.165, 1.54) is 0 Å². The lowest BCUT2D eigenvalue weighted by atomic mass is 10.0. The Labute approximate surface area is 192 Å². The molecule has 0 aromatic carbocycles. The van der Waals surface area contributed by atoms with E-state index in [0.29, 0.717) is 12.0 Å². The van der Waals surface area contributed by atoms with E-state index >= 15 is 0 Å². The van der Waals surface area contributed by atoms with Crippen molar-refractivity contribution in [3.05, 3.63) is 24.4 Å². The van der Waals surface area contributed by atoms with Crippen molar-refractivity contribution in [1.82, 2.24) is 20.1 Å². The number of morpholine rings is 1. The van der Waals surface area contributed by atoms with Crippen LogP contribution in [0.5, 0.6) is 0 Å². The summed E-state index contributed by atoms with van der Waals surface area (Å²) in [5, 5.41) is 3.50. The molecule has 0 saturated carbocycles. The molecule has 2 aliphatic rings. The number of halogens is 1. The van der Waals surface area contributed by atoms with Gasteiger partial charge in [0, 0.05) is 58.1 Å². The number of nitrogens with one attached hydrogen (secondary N) is 1. The molecule has 1 atom stereocenters. The van der Waals surface area contributed by atoms with Gasteiger partial charge in [-0.3, -0.25) is 9.89 Å². The third-order valence-corrected chi connectivity index (χ3v) is 5.60. The number of aliphatic imine (C=N–C) groups is 1. The molecule has 0 aliphatic carbocycles. The first-order valence-corrected chi connectivity index (χ1v) is 10.7. The molecule has 2 aliphatic heterocycles. The van der Waals surface area contributed by atoms with E-state index in [-0.39, 0.29) is 24.0 Å². The molecule has 0 amide bonds. The maximum Gasteiger partial charge on any atom is 0.194 e. The summed E-state index contributed by atoms with van der Waals surface area (Å²) in [6, 6.07) is 6.57. The van der Waals surface area contributed by atoms with Crippen LogP contribution in [0.4, 0.5) is 5.82 Å². The van der Waals surface area contributed by atoms with Crippen molar-refractivity contribution in [2.45, 2.75) is 26.8 Å². The highest BCUT2D eigenvalue weighted by Gasteiger charge is 2.25. The molecule has 8 heteroatoms. The van der Waals surface area contributed by atoms with E-state index < -0.39 is 0 Å². The van der Waals surface area contributed by atoms with E-state index in [9.17, 15) is 0 Å². The highest BCUT2D eigenvalue weighted by atomic mass is 127. The van der Waals surface area contributed by atoms with Crippen LogP contribution in [0.15, 0.2) is 29.4 Å². The molecule has 3 rings (SSSR count). The summed E-state index contributed by atoms with van der Waals surface area (Å²) in [6.45, 7) is 16.0. The fraction of sp³-hybridized carbons (Fsp3) is 0.714. The first kappa shape index (κ1) is 24.1. The Hall–Kier alpha value is -1.13. The van der Waals surface area contributed by atoms with E-state index in [1.807, 2.05) is 12.3 Å². The quantitative estimate of drug-likeness (QED) is 0.356. The SMILES string of the molecule is CCNC(=NCC(C(C)C)N1CCOCC1)N1CCN(c2ccccn2)CC1.I. The normalized spacial score (nSPS) is 19.8. The average Bonchev–Trinajstić information content (AvgIpc) is 2.74. The largest absolute Gasteiger partial charge is 0.379 e. The van der Waals surface area contributed by atoms with Crippen molar-refractivity contribution in [2.75, 3.05) is 70.5 Å². The summed E-state index contributed by atoms with van der Waals surface area (Å²) >= 11 is 0. The lowest BCUT2D eigenvalue weighted by molar-refractivity contribution is 0.00862. The van der Waals surface area contributed by atoms with E-state index in [4.69, 9.17) is 9.73 Å². The molecule has 164 valence electrons. The summed E-state index contributed by atoms with van der Waals surface area (Å²) in [6.07, 6.45) is 1.87. The molecule has 1 N–H and O–H groups in total. The summed E-state index contributed by atoms with van der Waals surface area (Å²) in [7, 11) is 0. The van der Waals surface area contributed by atoms with Crippen LogP contribution in [-0.4, -0.2) is 92.4 Å². The summed E-state index contributed by atoms with van der Waals surface area (Å²) in [5.74, 6) is 2.68. The third kappa shape index (κ3) is 6.96. The van der Waals surface area contributed by atoms with Gasteiger partial charge in [-0.15, -0.1) is 24.0 Å². The van der Waals surface area contributed by atoms with Gasteiger partial charge < -0.3 is 19.9 Å². The topological polar surface area (TPSA) is 56.2 Å². The zero-order valence-electron chi connectivity index (χ0n) is 18.1. The standard InChI is InChI=1S/C21H36N6O.HI/c1-4-22-21(24-17-19(18(2)3)25-13-15-28-16-14-25)27-11-9-26(10-12-27)20-7-5-6-8-23-20;/h5-8,18-19H,4,9-17H2,1-3H3,(H,22,24);1H. The number of hydrogen-bond donors (Lipinski definition) is 1. The number of aromatic nitrogens is 1. The second-order valence-corrected chi connectivity index (χ2v) is 7.82. The minimum atomic E-state index is 0. The molecule has 1 unspecified atom stereocenters. The van der Waals surface area contributed by atoms with Crippen molar-refractivity contribution in [3.8, 4) is 0 Å². The maximum atomic E-state index is 5.53. The van der Waals surface area contributed by atoms with Crippen molar-refractivity contribution >= 4 is 35.8 Å². The first-order chi connectivity index (χ1) is 13.7. The van der Waals surface area contributed by atoms with Crippen LogP contribution in [0.1, 0.15) is 20.8 Å². The Morgan fingerprint density at radius 1 is 1.14 bits per heavy atom. The molecule has 1 aromatic rings. The molecule has 7 nitrogen and oxygen atoms in total. The molecule has 1 aromatic heterocycles. The lowest BCUT2D eigenvalue weighted by Crippen LogP contribution is -2.53. The highest BCUT2D eigenvalue weighted by molar-refractivity contribution is 14.0. The number of ether oxygens (including phenoxy) is 1. The van der Waals surface area contributed by atoms with Gasteiger partial charge in [-0.05, 0) is 25.0 Å². The van der Waals surface area contributed by atoms with Crippen LogP contribution in [0, 0.1) is 5.92 Å². The average molecular weight is 516 g/mol. The number of pyridine rings is 1. The Kier molecular flexibility index (Phi) is 10.4. The molecule has 0 bridgehead atoms. The Morgan fingerprint density at radius 2 is 1.86 bits per heavy atom. The van der Waals surface area contributed by atoms with E-state index in [2.05, 4.69) is 57.9 Å². The monoisotopic (exact) mass is 516 g/mol. The van der Waals surface area contributed by atoms with Crippen LogP contribution >= 0.6 is 24.0 Å². The number of nitrogens with zero attached hydrogens (tertiary/aromatic N) is 5.